The minimum Gasteiger partial charge on any atom is -0.399 e. The molecule has 1 aliphatic rings. The van der Waals surface area contributed by atoms with Gasteiger partial charge in [0.15, 0.2) is 0 Å². The number of benzene rings is 2. The van der Waals surface area contributed by atoms with Crippen molar-refractivity contribution in [2.45, 2.75) is 13.1 Å². The van der Waals surface area contributed by atoms with E-state index in [1.807, 2.05) is 17.0 Å². The Labute approximate surface area is 106 Å². The van der Waals surface area contributed by atoms with Gasteiger partial charge < -0.3 is 10.6 Å². The van der Waals surface area contributed by atoms with Crippen LogP contribution in [0.25, 0.3) is 0 Å². The standard InChI is InChI=1S/C15H14N2O/c16-14-7-5-11(6-8-14)15(18)17-9-12-3-1-2-4-13(12)10-17/h1-8H,9-10,16H2. The predicted molar refractivity (Wildman–Crippen MR) is 70.9 cm³/mol. The summed E-state index contributed by atoms with van der Waals surface area (Å²) in [6, 6.07) is 15.2. The summed E-state index contributed by atoms with van der Waals surface area (Å²) in [4.78, 5) is 14.2. The number of nitrogen functional groups attached to an aromatic ring is 1. The Morgan fingerprint density at radius 1 is 0.944 bits per heavy atom. The first-order valence-corrected chi connectivity index (χ1v) is 5.95. The van der Waals surface area contributed by atoms with Crippen molar-refractivity contribution in [1.29, 1.82) is 0 Å². The van der Waals surface area contributed by atoms with Crippen LogP contribution in [0.2, 0.25) is 0 Å². The van der Waals surface area contributed by atoms with Gasteiger partial charge in [-0.05, 0) is 35.4 Å². The van der Waals surface area contributed by atoms with Crippen molar-refractivity contribution < 1.29 is 4.79 Å². The van der Waals surface area contributed by atoms with Crippen molar-refractivity contribution in [2.75, 3.05) is 5.73 Å². The van der Waals surface area contributed by atoms with Crippen molar-refractivity contribution in [1.82, 2.24) is 4.90 Å². The lowest BCUT2D eigenvalue weighted by Crippen LogP contribution is -2.25. The van der Waals surface area contributed by atoms with Crippen LogP contribution in [-0.4, -0.2) is 10.8 Å². The minimum atomic E-state index is 0.0613. The molecule has 1 amide bonds. The number of carbonyl (C=O) groups excluding carboxylic acids is 1. The van der Waals surface area contributed by atoms with E-state index in [1.54, 1.807) is 24.3 Å². The SMILES string of the molecule is Nc1ccc(C(=O)N2Cc3ccccc3C2)cc1. The molecule has 0 unspecified atom stereocenters. The van der Waals surface area contributed by atoms with Crippen molar-refractivity contribution in [3.63, 3.8) is 0 Å². The first-order chi connectivity index (χ1) is 8.74. The van der Waals surface area contributed by atoms with Gasteiger partial charge in [0, 0.05) is 24.3 Å². The van der Waals surface area contributed by atoms with E-state index in [9.17, 15) is 4.79 Å². The van der Waals surface area contributed by atoms with Gasteiger partial charge in [0.1, 0.15) is 0 Å². The molecule has 0 aliphatic carbocycles. The number of rotatable bonds is 1. The van der Waals surface area contributed by atoms with Crippen LogP contribution in [0, 0.1) is 0 Å². The maximum Gasteiger partial charge on any atom is 0.254 e. The Balaban J connectivity index is 1.82. The fourth-order valence-corrected chi connectivity index (χ4v) is 2.29. The van der Waals surface area contributed by atoms with Gasteiger partial charge in [0.25, 0.3) is 5.91 Å². The molecule has 2 aromatic rings. The molecule has 3 rings (SSSR count). The van der Waals surface area contributed by atoms with E-state index in [0.29, 0.717) is 24.3 Å². The van der Waals surface area contributed by atoms with Gasteiger partial charge in [0.2, 0.25) is 0 Å². The fourth-order valence-electron chi connectivity index (χ4n) is 2.29. The second-order valence-corrected chi connectivity index (χ2v) is 4.55. The number of hydrogen-bond acceptors (Lipinski definition) is 2. The zero-order valence-corrected chi connectivity index (χ0v) is 9.97. The lowest BCUT2D eigenvalue weighted by molar-refractivity contribution is 0.0751. The minimum absolute atomic E-state index is 0.0613. The number of nitrogens with two attached hydrogens (primary N) is 1. The van der Waals surface area contributed by atoms with E-state index >= 15 is 0 Å². The molecule has 0 atom stereocenters. The molecular weight excluding hydrogens is 224 g/mol. The van der Waals surface area contributed by atoms with E-state index in [4.69, 9.17) is 5.73 Å². The highest BCUT2D eigenvalue weighted by molar-refractivity contribution is 5.94. The molecule has 3 heteroatoms. The van der Waals surface area contributed by atoms with Crippen molar-refractivity contribution in [3.8, 4) is 0 Å². The lowest BCUT2D eigenvalue weighted by atomic mass is 10.1. The Hall–Kier alpha value is -2.29. The maximum absolute atomic E-state index is 12.3. The van der Waals surface area contributed by atoms with Crippen LogP contribution >= 0.6 is 0 Å². The molecule has 90 valence electrons. The number of amides is 1. The van der Waals surface area contributed by atoms with Crippen LogP contribution in [0.3, 0.4) is 0 Å². The van der Waals surface area contributed by atoms with E-state index in [-0.39, 0.29) is 5.91 Å². The molecule has 0 bridgehead atoms. The van der Waals surface area contributed by atoms with E-state index < -0.39 is 0 Å². The molecule has 0 radical (unpaired) electrons. The predicted octanol–water partition coefficient (Wildman–Crippen LogP) is 2.42. The van der Waals surface area contributed by atoms with Crippen molar-refractivity contribution in [3.05, 3.63) is 65.2 Å². The number of hydrogen-bond donors (Lipinski definition) is 1. The van der Waals surface area contributed by atoms with Gasteiger partial charge in [-0.2, -0.15) is 0 Å². The summed E-state index contributed by atoms with van der Waals surface area (Å²) < 4.78 is 0. The summed E-state index contributed by atoms with van der Waals surface area (Å²) in [7, 11) is 0. The van der Waals surface area contributed by atoms with Crippen LogP contribution < -0.4 is 5.73 Å². The summed E-state index contributed by atoms with van der Waals surface area (Å²) in [5.41, 5.74) is 9.47. The number of nitrogens with zero attached hydrogens (tertiary/aromatic N) is 1. The van der Waals surface area contributed by atoms with E-state index in [2.05, 4.69) is 12.1 Å². The summed E-state index contributed by atoms with van der Waals surface area (Å²) >= 11 is 0. The topological polar surface area (TPSA) is 46.3 Å². The smallest absolute Gasteiger partial charge is 0.254 e. The molecular formula is C15H14N2O. The maximum atomic E-state index is 12.3. The molecule has 3 nitrogen and oxygen atoms in total. The Kier molecular flexibility index (Phi) is 2.52. The second kappa shape index (κ2) is 4.18. The summed E-state index contributed by atoms with van der Waals surface area (Å²) in [5.74, 6) is 0.0613. The number of anilines is 1. The third-order valence-electron chi connectivity index (χ3n) is 3.29. The molecule has 0 saturated heterocycles. The number of carbonyl (C=O) groups is 1. The second-order valence-electron chi connectivity index (χ2n) is 4.55. The van der Waals surface area contributed by atoms with E-state index in [0.717, 1.165) is 0 Å². The molecule has 0 fully saturated rings. The van der Waals surface area contributed by atoms with Crippen LogP contribution in [0.5, 0.6) is 0 Å². The van der Waals surface area contributed by atoms with Gasteiger partial charge >= 0.3 is 0 Å². The van der Waals surface area contributed by atoms with Gasteiger partial charge in [-0.15, -0.1) is 0 Å². The van der Waals surface area contributed by atoms with Gasteiger partial charge in [-0.3, -0.25) is 4.79 Å². The van der Waals surface area contributed by atoms with Gasteiger partial charge in [-0.25, -0.2) is 0 Å². The van der Waals surface area contributed by atoms with Crippen LogP contribution in [0.1, 0.15) is 21.5 Å². The van der Waals surface area contributed by atoms with Crippen molar-refractivity contribution >= 4 is 11.6 Å². The highest BCUT2D eigenvalue weighted by Crippen LogP contribution is 2.24. The molecule has 2 aromatic carbocycles. The third kappa shape index (κ3) is 1.84. The Morgan fingerprint density at radius 2 is 1.50 bits per heavy atom. The summed E-state index contributed by atoms with van der Waals surface area (Å²) in [6.45, 7) is 1.39. The Morgan fingerprint density at radius 3 is 2.06 bits per heavy atom. The van der Waals surface area contributed by atoms with Crippen LogP contribution in [-0.2, 0) is 13.1 Å². The summed E-state index contributed by atoms with van der Waals surface area (Å²) in [5, 5.41) is 0. The monoisotopic (exact) mass is 238 g/mol. The van der Waals surface area contributed by atoms with Gasteiger partial charge in [0.05, 0.1) is 0 Å². The molecule has 1 heterocycles. The van der Waals surface area contributed by atoms with Gasteiger partial charge in [-0.1, -0.05) is 24.3 Å². The zero-order chi connectivity index (χ0) is 12.5. The van der Waals surface area contributed by atoms with Crippen LogP contribution in [0.4, 0.5) is 5.69 Å². The zero-order valence-electron chi connectivity index (χ0n) is 9.97. The highest BCUT2D eigenvalue weighted by Gasteiger charge is 2.23. The normalized spacial score (nSPS) is 13.4. The average Bonchev–Trinajstić information content (AvgIpc) is 2.82. The highest BCUT2D eigenvalue weighted by atomic mass is 16.2. The lowest BCUT2D eigenvalue weighted by Gasteiger charge is -2.15. The Bertz CT molecular complexity index is 565. The molecule has 1 aliphatic heterocycles. The molecule has 0 aromatic heterocycles. The quantitative estimate of drug-likeness (QED) is 0.775. The fraction of sp³-hybridized carbons (Fsp3) is 0.133. The first-order valence-electron chi connectivity index (χ1n) is 5.95. The molecule has 2 N–H and O–H groups in total. The third-order valence-corrected chi connectivity index (χ3v) is 3.29. The van der Waals surface area contributed by atoms with Crippen molar-refractivity contribution in [2.24, 2.45) is 0 Å². The molecule has 18 heavy (non-hydrogen) atoms. The molecule has 0 spiro atoms. The number of fused-ring (bicyclic) bond motifs is 1. The summed E-state index contributed by atoms with van der Waals surface area (Å²) in [6.07, 6.45) is 0. The molecule has 0 saturated carbocycles. The van der Waals surface area contributed by atoms with E-state index in [1.165, 1.54) is 11.1 Å². The average molecular weight is 238 g/mol. The largest absolute Gasteiger partial charge is 0.399 e. The van der Waals surface area contributed by atoms with Crippen LogP contribution in [0.15, 0.2) is 48.5 Å². The first kappa shape index (κ1) is 10.8.